The number of nitrogens with one attached hydrogen (secondary N) is 1. The molecule has 1 aromatic carbocycles. The number of alkyl halides is 2. The molecule has 0 spiro atoms. The van der Waals surface area contributed by atoms with Crippen molar-refractivity contribution >= 4 is 12.1 Å². The fourth-order valence-electron chi connectivity index (χ4n) is 5.53. The molecule has 0 saturated carbocycles. The Morgan fingerprint density at radius 1 is 1.16 bits per heavy atom. The Hall–Kier alpha value is -3.13. The van der Waals surface area contributed by atoms with Crippen LogP contribution in [0.1, 0.15) is 60.5 Å². The Morgan fingerprint density at radius 2 is 2.03 bits per heavy atom. The zero-order valence-electron chi connectivity index (χ0n) is 21.2. The lowest BCUT2D eigenvalue weighted by atomic mass is 9.95. The molecule has 2 aromatic heterocycles. The van der Waals surface area contributed by atoms with Gasteiger partial charge in [-0.2, -0.15) is 5.10 Å². The summed E-state index contributed by atoms with van der Waals surface area (Å²) >= 11 is 0. The highest BCUT2D eigenvalue weighted by Gasteiger charge is 2.44. The summed E-state index contributed by atoms with van der Waals surface area (Å²) in [5.74, 6) is -2.53. The van der Waals surface area contributed by atoms with Gasteiger partial charge in [0.2, 0.25) is 0 Å². The van der Waals surface area contributed by atoms with E-state index in [9.17, 15) is 4.79 Å². The fourth-order valence-corrected chi connectivity index (χ4v) is 5.53. The SMILES string of the molecule is O=CC(c1cnn(Cc2ccccc2)c1)N1CC[C@@H](C(F)(F)CCCCc2ccc3c(n2)NCCC3)C1. The summed E-state index contributed by atoms with van der Waals surface area (Å²) in [7, 11) is 0. The standard InChI is InChI=1S/C29H35F2N5O/c30-29(31,14-5-4-10-26-12-11-23-9-6-15-32-28(23)34-26)25-13-16-35(20-25)27(21-37)24-17-33-36(19-24)18-22-7-2-1-3-8-22/h1-3,7-8,11-12,17,19,21,25,27H,4-6,9-10,13-16,18,20H2,(H,32,34)/t25-,27?/m1/s1. The zero-order chi connectivity index (χ0) is 25.7. The van der Waals surface area contributed by atoms with Crippen molar-refractivity contribution in [3.63, 3.8) is 0 Å². The number of halogens is 2. The molecule has 0 aliphatic carbocycles. The molecular formula is C29H35F2N5O. The second-order valence-corrected chi connectivity index (χ2v) is 10.3. The number of anilines is 1. The van der Waals surface area contributed by atoms with Crippen LogP contribution in [0.25, 0.3) is 0 Å². The van der Waals surface area contributed by atoms with Gasteiger partial charge in [-0.3, -0.25) is 9.58 Å². The number of hydrogen-bond donors (Lipinski definition) is 1. The largest absolute Gasteiger partial charge is 0.370 e. The molecule has 3 aromatic rings. The van der Waals surface area contributed by atoms with E-state index in [4.69, 9.17) is 0 Å². The van der Waals surface area contributed by atoms with Crippen molar-refractivity contribution in [3.05, 3.63) is 77.2 Å². The maximum Gasteiger partial charge on any atom is 0.252 e. The molecule has 2 aliphatic heterocycles. The number of carbonyl (C=O) groups is 1. The minimum Gasteiger partial charge on any atom is -0.370 e. The van der Waals surface area contributed by atoms with Crippen molar-refractivity contribution in [2.24, 2.45) is 5.92 Å². The van der Waals surface area contributed by atoms with Crippen LogP contribution in [0.2, 0.25) is 0 Å². The molecule has 0 amide bonds. The van der Waals surface area contributed by atoms with E-state index in [1.807, 2.05) is 47.5 Å². The third-order valence-corrected chi connectivity index (χ3v) is 7.67. The van der Waals surface area contributed by atoms with E-state index in [1.54, 1.807) is 10.9 Å². The molecule has 6 nitrogen and oxygen atoms in total. The number of aromatic nitrogens is 3. The van der Waals surface area contributed by atoms with Crippen LogP contribution in [0.4, 0.5) is 14.6 Å². The van der Waals surface area contributed by atoms with Gasteiger partial charge in [-0.25, -0.2) is 13.8 Å². The summed E-state index contributed by atoms with van der Waals surface area (Å²) in [6, 6.07) is 13.5. The van der Waals surface area contributed by atoms with Gasteiger partial charge in [0.25, 0.3) is 5.92 Å². The Kier molecular flexibility index (Phi) is 7.93. The lowest BCUT2D eigenvalue weighted by Gasteiger charge is -2.26. The van der Waals surface area contributed by atoms with Gasteiger partial charge >= 0.3 is 0 Å². The van der Waals surface area contributed by atoms with Crippen LogP contribution in [-0.4, -0.2) is 51.5 Å². The van der Waals surface area contributed by atoms with Gasteiger partial charge in [0.15, 0.2) is 0 Å². The van der Waals surface area contributed by atoms with Crippen LogP contribution in [0.3, 0.4) is 0 Å². The number of likely N-dealkylation sites (tertiary alicyclic amines) is 1. The Labute approximate surface area is 217 Å². The van der Waals surface area contributed by atoms with Crippen LogP contribution in [-0.2, 0) is 24.2 Å². The number of unbranched alkanes of at least 4 members (excludes halogenated alkanes) is 1. The second kappa shape index (κ2) is 11.5. The Morgan fingerprint density at radius 3 is 2.86 bits per heavy atom. The average molecular weight is 508 g/mol. The molecule has 5 rings (SSSR count). The van der Waals surface area contributed by atoms with Crippen molar-refractivity contribution in [2.75, 3.05) is 25.0 Å². The molecule has 1 unspecified atom stereocenters. The molecular weight excluding hydrogens is 472 g/mol. The predicted octanol–water partition coefficient (Wildman–Crippen LogP) is 5.29. The summed E-state index contributed by atoms with van der Waals surface area (Å²) in [6.07, 6.45) is 8.66. The molecule has 1 N–H and O–H groups in total. The quantitative estimate of drug-likeness (QED) is 0.282. The first-order valence-electron chi connectivity index (χ1n) is 13.4. The molecule has 1 saturated heterocycles. The maximum atomic E-state index is 15.1. The molecule has 2 aliphatic rings. The monoisotopic (exact) mass is 507 g/mol. The number of aryl methyl sites for hydroxylation is 2. The highest BCUT2D eigenvalue weighted by molar-refractivity contribution is 5.61. The number of nitrogens with zero attached hydrogens (tertiary/aromatic N) is 4. The first-order chi connectivity index (χ1) is 18.0. The molecule has 1 fully saturated rings. The van der Waals surface area contributed by atoms with Crippen molar-refractivity contribution in [3.8, 4) is 0 Å². The lowest BCUT2D eigenvalue weighted by molar-refractivity contribution is -0.113. The normalized spacial score (nSPS) is 18.8. The van der Waals surface area contributed by atoms with E-state index in [1.165, 1.54) is 5.56 Å². The third-order valence-electron chi connectivity index (χ3n) is 7.67. The highest BCUT2D eigenvalue weighted by Crippen LogP contribution is 2.39. The van der Waals surface area contributed by atoms with E-state index in [0.717, 1.165) is 48.3 Å². The molecule has 196 valence electrons. The van der Waals surface area contributed by atoms with Crippen molar-refractivity contribution < 1.29 is 13.6 Å². The number of pyridine rings is 1. The number of rotatable bonds is 11. The first-order valence-corrected chi connectivity index (χ1v) is 13.4. The van der Waals surface area contributed by atoms with E-state index in [0.29, 0.717) is 38.8 Å². The summed E-state index contributed by atoms with van der Waals surface area (Å²) in [5.41, 5.74) is 4.07. The lowest BCUT2D eigenvalue weighted by Crippen LogP contribution is -2.33. The molecule has 37 heavy (non-hydrogen) atoms. The van der Waals surface area contributed by atoms with Gasteiger partial charge < -0.3 is 10.1 Å². The van der Waals surface area contributed by atoms with Crippen LogP contribution >= 0.6 is 0 Å². The topological polar surface area (TPSA) is 63.1 Å². The Bertz CT molecular complexity index is 1180. The van der Waals surface area contributed by atoms with Crippen molar-refractivity contribution in [2.45, 2.75) is 63.5 Å². The van der Waals surface area contributed by atoms with Crippen LogP contribution in [0.15, 0.2) is 54.9 Å². The molecule has 2 atom stereocenters. The smallest absolute Gasteiger partial charge is 0.252 e. The Balaban J connectivity index is 1.11. The second-order valence-electron chi connectivity index (χ2n) is 10.3. The first kappa shape index (κ1) is 25.5. The van der Waals surface area contributed by atoms with E-state index < -0.39 is 17.9 Å². The van der Waals surface area contributed by atoms with E-state index >= 15 is 8.78 Å². The summed E-state index contributed by atoms with van der Waals surface area (Å²) in [4.78, 5) is 18.5. The van der Waals surface area contributed by atoms with Gasteiger partial charge in [0.05, 0.1) is 18.8 Å². The van der Waals surface area contributed by atoms with Crippen molar-refractivity contribution in [1.29, 1.82) is 0 Å². The van der Waals surface area contributed by atoms with Crippen molar-refractivity contribution in [1.82, 2.24) is 19.7 Å². The maximum absolute atomic E-state index is 15.1. The minimum absolute atomic E-state index is 0.130. The number of aldehydes is 1. The summed E-state index contributed by atoms with van der Waals surface area (Å²) in [6.45, 7) is 2.25. The van der Waals surface area contributed by atoms with Gasteiger partial charge in [-0.15, -0.1) is 0 Å². The average Bonchev–Trinajstić information content (AvgIpc) is 3.59. The molecule has 0 bridgehead atoms. The van der Waals surface area contributed by atoms with E-state index in [-0.39, 0.29) is 13.0 Å². The predicted molar refractivity (Wildman–Crippen MR) is 140 cm³/mol. The molecule has 4 heterocycles. The number of carbonyl (C=O) groups excluding carboxylic acids is 1. The van der Waals surface area contributed by atoms with Crippen LogP contribution < -0.4 is 5.32 Å². The summed E-state index contributed by atoms with van der Waals surface area (Å²) in [5, 5.41) is 7.72. The van der Waals surface area contributed by atoms with Crippen LogP contribution in [0, 0.1) is 5.92 Å². The van der Waals surface area contributed by atoms with Gasteiger partial charge in [-0.05, 0) is 62.3 Å². The van der Waals surface area contributed by atoms with Gasteiger partial charge in [0.1, 0.15) is 12.1 Å². The molecule has 8 heteroatoms. The van der Waals surface area contributed by atoms with Gasteiger partial charge in [-0.1, -0.05) is 36.4 Å². The summed E-state index contributed by atoms with van der Waals surface area (Å²) < 4.78 is 32.0. The minimum atomic E-state index is -2.75. The van der Waals surface area contributed by atoms with Gasteiger partial charge in [0, 0.05) is 42.9 Å². The number of hydrogen-bond acceptors (Lipinski definition) is 5. The highest BCUT2D eigenvalue weighted by atomic mass is 19.3. The zero-order valence-corrected chi connectivity index (χ0v) is 21.2. The number of benzene rings is 1. The number of fused-ring (bicyclic) bond motifs is 1. The molecule has 0 radical (unpaired) electrons. The third kappa shape index (κ3) is 6.24. The fraction of sp³-hybridized carbons (Fsp3) is 0.483. The van der Waals surface area contributed by atoms with E-state index in [2.05, 4.69) is 21.5 Å². The van der Waals surface area contributed by atoms with Crippen LogP contribution in [0.5, 0.6) is 0 Å².